The Morgan fingerprint density at radius 2 is 2.38 bits per heavy atom. The lowest BCUT2D eigenvalue weighted by molar-refractivity contribution is 0.115. The number of rotatable bonds is 2. The predicted octanol–water partition coefficient (Wildman–Crippen LogP) is 1.06. The highest BCUT2D eigenvalue weighted by Crippen LogP contribution is 1.84. The van der Waals surface area contributed by atoms with Crippen LogP contribution >= 0.6 is 12.4 Å². The first-order chi connectivity index (χ1) is 3.31. The van der Waals surface area contributed by atoms with Crippen molar-refractivity contribution >= 4 is 19.1 Å². The minimum absolute atomic E-state index is 0. The van der Waals surface area contributed by atoms with Gasteiger partial charge in [0.15, 0.2) is 6.10 Å². The summed E-state index contributed by atoms with van der Waals surface area (Å²) < 4.78 is 0. The predicted molar refractivity (Wildman–Crippen MR) is 36.2 cm³/mol. The fraction of sp³-hybridized carbons (Fsp3) is 0.400. The smallest absolute Gasteiger partial charge is 0.184 e. The van der Waals surface area contributed by atoms with Crippen LogP contribution in [0.1, 0.15) is 6.92 Å². The van der Waals surface area contributed by atoms with Gasteiger partial charge >= 0.3 is 0 Å². The van der Waals surface area contributed by atoms with Crippen LogP contribution in [0.25, 0.3) is 0 Å². The zero-order valence-corrected chi connectivity index (χ0v) is 5.44. The lowest BCUT2D eigenvalue weighted by Crippen LogP contribution is -1.97. The summed E-state index contributed by atoms with van der Waals surface area (Å²) in [5.41, 5.74) is 0. The molecule has 0 heterocycles. The van der Waals surface area contributed by atoms with Crippen molar-refractivity contribution in [3.05, 3.63) is 0 Å². The molecule has 0 fully saturated rings. The van der Waals surface area contributed by atoms with E-state index in [0.717, 1.165) is 0 Å². The summed E-state index contributed by atoms with van der Waals surface area (Å²) in [6.07, 6.45) is 4.64. The summed E-state index contributed by atoms with van der Waals surface area (Å²) in [4.78, 5) is 4.47. The van der Waals surface area contributed by atoms with Crippen LogP contribution in [-0.2, 0) is 4.84 Å². The van der Waals surface area contributed by atoms with Gasteiger partial charge in [0, 0.05) is 6.72 Å². The third-order valence-corrected chi connectivity index (χ3v) is 0.467. The highest BCUT2D eigenvalue weighted by Gasteiger charge is 1.88. The van der Waals surface area contributed by atoms with E-state index in [-0.39, 0.29) is 18.5 Å². The van der Waals surface area contributed by atoms with Crippen molar-refractivity contribution in [1.82, 2.24) is 0 Å². The Bertz CT molecular complexity index is 97.1. The van der Waals surface area contributed by atoms with Crippen LogP contribution in [0.2, 0.25) is 0 Å². The van der Waals surface area contributed by atoms with Crippen LogP contribution < -0.4 is 0 Å². The van der Waals surface area contributed by atoms with E-state index in [1.807, 2.05) is 0 Å². The molecule has 0 aromatic heterocycles. The molecular weight excluding hydrogens is 126 g/mol. The SMILES string of the molecule is C#C[C@@H](C)ON=C.Cl. The van der Waals surface area contributed by atoms with Gasteiger partial charge in [-0.05, 0) is 6.92 Å². The molecule has 0 spiro atoms. The topological polar surface area (TPSA) is 21.6 Å². The molecule has 0 saturated carbocycles. The monoisotopic (exact) mass is 133 g/mol. The molecule has 0 bridgehead atoms. The number of terminal acetylenes is 1. The summed E-state index contributed by atoms with van der Waals surface area (Å²) >= 11 is 0. The number of hydrogen-bond acceptors (Lipinski definition) is 2. The van der Waals surface area contributed by atoms with Crippen molar-refractivity contribution in [2.24, 2.45) is 5.16 Å². The molecule has 46 valence electrons. The van der Waals surface area contributed by atoms with Crippen LogP contribution in [0, 0.1) is 12.3 Å². The van der Waals surface area contributed by atoms with E-state index < -0.39 is 0 Å². The van der Waals surface area contributed by atoms with Gasteiger partial charge in [-0.3, -0.25) is 0 Å². The Morgan fingerprint density at radius 3 is 2.50 bits per heavy atom. The highest BCUT2D eigenvalue weighted by atomic mass is 35.5. The van der Waals surface area contributed by atoms with Gasteiger partial charge in [-0.25, -0.2) is 0 Å². The first kappa shape index (κ1) is 10.3. The summed E-state index contributed by atoms with van der Waals surface area (Å²) in [5, 5.41) is 3.11. The second-order valence-electron chi connectivity index (χ2n) is 1.04. The van der Waals surface area contributed by atoms with E-state index in [1.54, 1.807) is 6.92 Å². The molecule has 0 aliphatic rings. The number of oxime groups is 1. The minimum atomic E-state index is -0.252. The van der Waals surface area contributed by atoms with E-state index >= 15 is 0 Å². The van der Waals surface area contributed by atoms with Crippen LogP contribution in [0.5, 0.6) is 0 Å². The molecule has 0 unspecified atom stereocenters. The van der Waals surface area contributed by atoms with E-state index in [4.69, 9.17) is 6.42 Å². The number of halogens is 1. The highest BCUT2D eigenvalue weighted by molar-refractivity contribution is 5.85. The molecular formula is C5H8ClNO. The Morgan fingerprint density at radius 1 is 1.88 bits per heavy atom. The first-order valence-electron chi connectivity index (χ1n) is 1.89. The second-order valence-corrected chi connectivity index (χ2v) is 1.04. The molecule has 0 amide bonds. The Balaban J connectivity index is 0. The largest absolute Gasteiger partial charge is 0.380 e. The van der Waals surface area contributed by atoms with Gasteiger partial charge in [0.1, 0.15) is 0 Å². The van der Waals surface area contributed by atoms with E-state index in [9.17, 15) is 0 Å². The molecule has 0 aromatic carbocycles. The van der Waals surface area contributed by atoms with Crippen LogP contribution in [0.3, 0.4) is 0 Å². The van der Waals surface area contributed by atoms with Crippen molar-refractivity contribution < 1.29 is 4.84 Å². The Labute approximate surface area is 55.3 Å². The summed E-state index contributed by atoms with van der Waals surface area (Å²) in [6, 6.07) is 0. The third-order valence-electron chi connectivity index (χ3n) is 0.467. The number of hydrogen-bond donors (Lipinski definition) is 0. The van der Waals surface area contributed by atoms with Crippen LogP contribution in [0.15, 0.2) is 5.16 Å². The van der Waals surface area contributed by atoms with Crippen molar-refractivity contribution in [3.8, 4) is 12.3 Å². The van der Waals surface area contributed by atoms with Crippen LogP contribution in [0.4, 0.5) is 0 Å². The molecule has 1 atom stereocenters. The maximum atomic E-state index is 4.90. The van der Waals surface area contributed by atoms with Gasteiger partial charge < -0.3 is 4.84 Å². The fourth-order valence-corrected chi connectivity index (χ4v) is 0.142. The Kier molecular flexibility index (Phi) is 8.16. The molecule has 0 aliphatic carbocycles. The zero-order valence-electron chi connectivity index (χ0n) is 4.63. The van der Waals surface area contributed by atoms with Crippen molar-refractivity contribution in [2.75, 3.05) is 0 Å². The van der Waals surface area contributed by atoms with E-state index in [2.05, 4.69) is 22.6 Å². The molecule has 0 radical (unpaired) electrons. The van der Waals surface area contributed by atoms with Crippen LogP contribution in [-0.4, -0.2) is 12.8 Å². The maximum Gasteiger partial charge on any atom is 0.184 e. The standard InChI is InChI=1S/C5H7NO.ClH/c1-4-5(2)7-6-3;/h1,5H,3H2,2H3;1H/t5-;/m1./s1. The summed E-state index contributed by atoms with van der Waals surface area (Å²) in [6.45, 7) is 4.80. The van der Waals surface area contributed by atoms with Gasteiger partial charge in [-0.1, -0.05) is 5.92 Å². The van der Waals surface area contributed by atoms with E-state index in [1.165, 1.54) is 0 Å². The van der Waals surface area contributed by atoms with Gasteiger partial charge in [0.25, 0.3) is 0 Å². The summed E-state index contributed by atoms with van der Waals surface area (Å²) in [7, 11) is 0. The van der Waals surface area contributed by atoms with Gasteiger partial charge in [-0.15, -0.1) is 24.0 Å². The molecule has 0 saturated heterocycles. The molecule has 2 nitrogen and oxygen atoms in total. The zero-order chi connectivity index (χ0) is 5.70. The normalized spacial score (nSPS) is 10.0. The molecule has 8 heavy (non-hydrogen) atoms. The fourth-order valence-electron chi connectivity index (χ4n) is 0.142. The first-order valence-corrected chi connectivity index (χ1v) is 1.89. The molecule has 0 rings (SSSR count). The Hall–Kier alpha value is -0.680. The minimum Gasteiger partial charge on any atom is -0.380 e. The number of nitrogens with zero attached hydrogens (tertiary/aromatic N) is 1. The van der Waals surface area contributed by atoms with Crippen molar-refractivity contribution in [2.45, 2.75) is 13.0 Å². The molecule has 0 aliphatic heterocycles. The lowest BCUT2D eigenvalue weighted by atomic mass is 10.4. The average Bonchev–Trinajstić information content (AvgIpc) is 1.68. The molecule has 0 N–H and O–H groups in total. The lowest BCUT2D eigenvalue weighted by Gasteiger charge is -1.96. The van der Waals surface area contributed by atoms with E-state index in [0.29, 0.717) is 0 Å². The van der Waals surface area contributed by atoms with Gasteiger partial charge in [-0.2, -0.15) is 0 Å². The maximum absolute atomic E-state index is 4.90. The third kappa shape index (κ3) is 5.32. The van der Waals surface area contributed by atoms with Gasteiger partial charge in [0.2, 0.25) is 0 Å². The van der Waals surface area contributed by atoms with Gasteiger partial charge in [0.05, 0.1) is 0 Å². The molecule has 0 aromatic rings. The quantitative estimate of drug-likeness (QED) is 0.314. The average molecular weight is 134 g/mol. The molecule has 3 heteroatoms. The van der Waals surface area contributed by atoms with Crippen molar-refractivity contribution in [1.29, 1.82) is 0 Å². The summed E-state index contributed by atoms with van der Waals surface area (Å²) in [5.74, 6) is 2.31. The second kappa shape index (κ2) is 6.32. The van der Waals surface area contributed by atoms with Crippen molar-refractivity contribution in [3.63, 3.8) is 0 Å².